The molecule has 13 atom stereocenters. The van der Waals surface area contributed by atoms with Crippen molar-refractivity contribution in [3.63, 3.8) is 0 Å². The van der Waals surface area contributed by atoms with Crippen molar-refractivity contribution >= 4 is 87.5 Å². The Hall–Kier alpha value is -6.06. The molecule has 0 radical (unpaired) electrons. The molecule has 0 saturated heterocycles. The van der Waals surface area contributed by atoms with E-state index in [-0.39, 0.29) is 51.5 Å². The van der Waals surface area contributed by atoms with E-state index in [1.807, 2.05) is 74.5 Å². The van der Waals surface area contributed by atoms with Crippen molar-refractivity contribution < 1.29 is 57.2 Å². The van der Waals surface area contributed by atoms with Gasteiger partial charge in [-0.1, -0.05) is 89.8 Å². The van der Waals surface area contributed by atoms with Gasteiger partial charge in [0.05, 0.1) is 43.0 Å². The fraction of sp³-hybridized carbons (Fsp3) is 0.635. The van der Waals surface area contributed by atoms with Gasteiger partial charge in [0.2, 0.25) is 11.0 Å². The van der Waals surface area contributed by atoms with Gasteiger partial charge in [-0.2, -0.15) is 4.57 Å². The van der Waals surface area contributed by atoms with Crippen LogP contribution in [0.1, 0.15) is 240 Å². The molecular formula is C85H117N5O10PS+3. The Kier molecular flexibility index (Phi) is 26.2. The van der Waals surface area contributed by atoms with Gasteiger partial charge in [-0.3, -0.25) is 33.6 Å². The fourth-order valence-electron chi connectivity index (χ4n) is 21.2. The SMILES string of the molecule is CCCC[n+]1c2ccccc2c(C(=O)Oc2c(C)cc(C(=O)NCCC[N+](C)(CCCC)CCCCC(=O)CCC3CC4=CC(=O)CC[C@]4(C)C4CC[C@]5(C)C(=O)CCC5C34)cc2C)c2ccccc21.C[C@]12CCC(=O)C=C1CC(CCC(=O)O)C1C2CC[C@]2(C)C(=O)CCC12.NCCN=[P+]=S. The monoisotopic (exact) mass is 1430 g/mol. The van der Waals surface area contributed by atoms with Gasteiger partial charge in [0.15, 0.2) is 11.6 Å². The molecule has 0 bridgehead atoms. The average molecular weight is 1430 g/mol. The number of carboxylic acid groups (broad SMARTS) is 1. The van der Waals surface area contributed by atoms with Crippen LogP contribution < -0.4 is 20.4 Å². The van der Waals surface area contributed by atoms with Crippen LogP contribution in [0.2, 0.25) is 0 Å². The summed E-state index contributed by atoms with van der Waals surface area (Å²) in [6.07, 6.45) is 26.0. The predicted molar refractivity (Wildman–Crippen MR) is 407 cm³/mol. The van der Waals surface area contributed by atoms with Crippen LogP contribution in [0.5, 0.6) is 5.75 Å². The number of hydrogen-bond acceptors (Lipinski definition) is 12. The van der Waals surface area contributed by atoms with Gasteiger partial charge in [0, 0.05) is 92.9 Å². The Bertz CT molecular complexity index is 3870. The van der Waals surface area contributed by atoms with E-state index >= 15 is 0 Å². The third kappa shape index (κ3) is 16.8. The number of nitrogens with zero attached hydrogens (tertiary/aromatic N) is 3. The van der Waals surface area contributed by atoms with Crippen LogP contribution in [0.3, 0.4) is 0 Å². The Balaban J connectivity index is 0.000000287. The van der Waals surface area contributed by atoms with E-state index in [1.54, 1.807) is 0 Å². The zero-order valence-corrected chi connectivity index (χ0v) is 64.5. The van der Waals surface area contributed by atoms with Crippen molar-refractivity contribution in [1.29, 1.82) is 0 Å². The number of hydrogen-bond donors (Lipinski definition) is 3. The maximum absolute atomic E-state index is 14.2. The summed E-state index contributed by atoms with van der Waals surface area (Å²) in [4.78, 5) is 103. The molecule has 1 amide bonds. The second-order valence-corrected chi connectivity index (χ2v) is 34.1. The van der Waals surface area contributed by atoms with Gasteiger partial charge in [0.25, 0.3) is 5.91 Å². The van der Waals surface area contributed by atoms with Crippen LogP contribution in [0.4, 0.5) is 0 Å². The first-order valence-corrected chi connectivity index (χ1v) is 40.9. The molecule has 8 aliphatic rings. The van der Waals surface area contributed by atoms with E-state index in [0.29, 0.717) is 147 Å². The van der Waals surface area contributed by atoms with E-state index in [0.717, 1.165) is 179 Å². The van der Waals surface area contributed by atoms with Crippen molar-refractivity contribution in [3.05, 3.63) is 106 Å². The average Bonchev–Trinajstić information content (AvgIpc) is 1.31. The summed E-state index contributed by atoms with van der Waals surface area (Å²) in [6, 6.07) is 19.7. The Morgan fingerprint density at radius 2 is 1.16 bits per heavy atom. The molecule has 1 aromatic heterocycles. The van der Waals surface area contributed by atoms with E-state index in [2.05, 4.69) is 87.2 Å². The number of aliphatic carboxylic acids is 1. The van der Waals surface area contributed by atoms with Crippen molar-refractivity contribution in [3.8, 4) is 5.75 Å². The minimum absolute atomic E-state index is 0.0410. The third-order valence-corrected chi connectivity index (χ3v) is 27.6. The number of carboxylic acids is 1. The number of unbranched alkanes of at least 4 members (excludes halogenated alkanes) is 3. The number of allylic oxidation sites excluding steroid dienone is 2. The van der Waals surface area contributed by atoms with Gasteiger partial charge in [-0.05, 0) is 216 Å². The summed E-state index contributed by atoms with van der Waals surface area (Å²) in [6.45, 7) is 23.0. The molecule has 17 heteroatoms. The Labute approximate surface area is 613 Å². The molecule has 0 aliphatic heterocycles. The molecule has 8 aliphatic carbocycles. The normalized spacial score (nSPS) is 29.0. The predicted octanol–water partition coefficient (Wildman–Crippen LogP) is 16.8. The number of amides is 1. The van der Waals surface area contributed by atoms with E-state index < -0.39 is 11.9 Å². The number of ketones is 5. The van der Waals surface area contributed by atoms with Gasteiger partial charge < -0.3 is 19.6 Å². The molecule has 4 aromatic rings. The number of para-hydroxylation sites is 2. The number of pyridine rings is 1. The molecule has 550 valence electrons. The first-order chi connectivity index (χ1) is 48.8. The number of fused-ring (bicyclic) bond motifs is 12. The summed E-state index contributed by atoms with van der Waals surface area (Å²) in [7, 11) is 2.99. The number of esters is 1. The second kappa shape index (κ2) is 34.0. The number of carbonyl (C=O) groups excluding carboxylic acids is 7. The number of benzene rings is 3. The summed E-state index contributed by atoms with van der Waals surface area (Å²) in [5, 5.41) is 14.1. The second-order valence-electron chi connectivity index (χ2n) is 33.2. The number of nitrogens with one attached hydrogen (secondary N) is 1. The van der Waals surface area contributed by atoms with Crippen LogP contribution in [-0.2, 0) is 47.1 Å². The molecule has 1 heterocycles. The van der Waals surface area contributed by atoms with Crippen molar-refractivity contribution in [2.75, 3.05) is 46.3 Å². The van der Waals surface area contributed by atoms with Crippen LogP contribution in [0, 0.1) is 82.9 Å². The number of carbonyl (C=O) groups is 8. The topological polar surface area (TPSA) is 220 Å². The van der Waals surface area contributed by atoms with Crippen molar-refractivity contribution in [1.82, 2.24) is 5.32 Å². The van der Waals surface area contributed by atoms with Gasteiger partial charge >= 0.3 is 54.5 Å². The molecular weight excluding hydrogens is 1310 g/mol. The molecule has 4 N–H and O–H groups in total. The van der Waals surface area contributed by atoms with Gasteiger partial charge in [0.1, 0.15) is 29.6 Å². The quantitative estimate of drug-likeness (QED) is 0.0102. The molecule has 6 saturated carbocycles. The van der Waals surface area contributed by atoms with E-state index in [1.165, 1.54) is 11.1 Å². The molecule has 9 unspecified atom stereocenters. The molecule has 6 fully saturated rings. The van der Waals surface area contributed by atoms with Crippen LogP contribution in [0.15, 0.2) is 88.7 Å². The minimum atomic E-state index is -0.746. The zero-order valence-electron chi connectivity index (χ0n) is 62.8. The number of quaternary nitrogens is 1. The van der Waals surface area contributed by atoms with E-state index in [4.69, 9.17) is 10.5 Å². The maximum atomic E-state index is 14.2. The van der Waals surface area contributed by atoms with E-state index in [9.17, 15) is 43.5 Å². The van der Waals surface area contributed by atoms with Gasteiger partial charge in [-0.15, -0.1) is 0 Å². The summed E-state index contributed by atoms with van der Waals surface area (Å²) >= 11 is 4.47. The number of aromatic nitrogens is 1. The number of Topliss-reactive ketones (excluding diaryl/α,β-unsaturated/α-hetero) is 3. The summed E-state index contributed by atoms with van der Waals surface area (Å²) in [5.41, 5.74) is 11.9. The van der Waals surface area contributed by atoms with Crippen molar-refractivity contribution in [2.45, 2.75) is 229 Å². The van der Waals surface area contributed by atoms with Crippen LogP contribution >= 0.6 is 7.15 Å². The molecule has 102 heavy (non-hydrogen) atoms. The number of aryl methyl sites for hydroxylation is 3. The first kappa shape index (κ1) is 78.5. The Morgan fingerprint density at radius 1 is 0.657 bits per heavy atom. The summed E-state index contributed by atoms with van der Waals surface area (Å²) in [5.74, 6) is 4.14. The standard InChI is InChI=1S/C61H80N3O6.C22H30O4.C2H6N2PS/c1-8-10-33-63-52-22-14-12-20-48(52)56(49-21-13-15-23-53(49)63)59(69)70-57-41(3)37-44(38-42(57)4)58(68)62-32-18-36-64(7,34-11-9-2)35-17-16-19-46(65)25-24-43-39-45-40-47(66)28-30-60(45,5)51-29-31-61(6)50(55(43)51)26-27-54(61)67;1-21-9-7-15(23)12-14(21)11-13(3-6-19(25)26)20-16-4-5-18(24)22(16,2)10-8-17(20)21;3-1-2-4-5-6/h12-15,20-23,37-38,40,43,50-51,55H,8-11,16-19,24-36,39H2,1-7H3;12-13,16-17,20H,3-11H2,1-2H3,(H,25,26);1-3H2/q+1;;+1/p+1/t43?,50?,51?,55?,60-,61-,64?;13?,16?,17?,20?,21-,22-;/m00./s1. The first-order valence-electron chi connectivity index (χ1n) is 39.0. The zero-order chi connectivity index (χ0) is 73.3. The number of ether oxygens (including phenoxy) is 1. The van der Waals surface area contributed by atoms with Gasteiger partial charge in [-0.25, -0.2) is 4.79 Å². The Morgan fingerprint density at radius 3 is 1.66 bits per heavy atom. The summed E-state index contributed by atoms with van der Waals surface area (Å²) < 4.78 is 13.2. The third-order valence-electron chi connectivity index (χ3n) is 26.9. The fourth-order valence-corrected chi connectivity index (χ4v) is 21.6. The molecule has 15 nitrogen and oxygen atoms in total. The number of nitrogens with two attached hydrogens (primary N) is 1. The molecule has 3 aromatic carbocycles. The molecule has 0 spiro atoms. The number of rotatable bonds is 26. The molecule has 12 rings (SSSR count). The van der Waals surface area contributed by atoms with Crippen molar-refractivity contribution in [2.24, 2.45) is 79.5 Å². The van der Waals surface area contributed by atoms with Crippen LogP contribution in [0.25, 0.3) is 21.8 Å². The van der Waals surface area contributed by atoms with Crippen LogP contribution in [-0.4, -0.2) is 103 Å².